The molecular weight excluding hydrogens is 384 g/mol. The standard InChI is InChI=1S/C18H28N4O7/c19-12(16(24)25)3-1-2-6-22-14(18(28)29)5-4-10-8-21-9-15(23)11(10)7-13(20)17(26)27/h8-9,12-14,22-23H,1-7,19-20H2,(H,24,25)(H,26,27)(H,28,29). The van der Waals surface area contributed by atoms with Crippen molar-refractivity contribution in [1.82, 2.24) is 10.3 Å². The normalized spacial score (nSPS) is 14.1. The molecule has 1 aromatic heterocycles. The number of nitrogens with two attached hydrogens (primary N) is 2. The first-order chi connectivity index (χ1) is 13.6. The maximum atomic E-state index is 11.5. The van der Waals surface area contributed by atoms with Crippen molar-refractivity contribution < 1.29 is 34.8 Å². The van der Waals surface area contributed by atoms with Crippen LogP contribution in [0, 0.1) is 0 Å². The lowest BCUT2D eigenvalue weighted by atomic mass is 9.97. The molecule has 0 saturated heterocycles. The summed E-state index contributed by atoms with van der Waals surface area (Å²) in [7, 11) is 0. The summed E-state index contributed by atoms with van der Waals surface area (Å²) < 4.78 is 0. The number of pyridine rings is 1. The molecule has 0 spiro atoms. The number of nitrogens with one attached hydrogen (secondary N) is 1. The minimum atomic E-state index is -1.21. The summed E-state index contributed by atoms with van der Waals surface area (Å²) in [4.78, 5) is 37.0. The lowest BCUT2D eigenvalue weighted by Crippen LogP contribution is -2.38. The van der Waals surface area contributed by atoms with Gasteiger partial charge in [-0.3, -0.25) is 19.4 Å². The molecule has 0 aliphatic rings. The fourth-order valence-electron chi connectivity index (χ4n) is 2.78. The molecule has 0 radical (unpaired) electrons. The number of hydrogen-bond acceptors (Lipinski definition) is 8. The molecule has 1 aromatic rings. The van der Waals surface area contributed by atoms with Crippen molar-refractivity contribution in [1.29, 1.82) is 0 Å². The number of carboxylic acids is 3. The number of aromatic hydroxyl groups is 1. The van der Waals surface area contributed by atoms with E-state index in [1.165, 1.54) is 12.4 Å². The minimum absolute atomic E-state index is 0.103. The predicted molar refractivity (Wildman–Crippen MR) is 102 cm³/mol. The fourth-order valence-corrected chi connectivity index (χ4v) is 2.78. The Labute approximate surface area is 167 Å². The number of carboxylic acid groups (broad SMARTS) is 3. The highest BCUT2D eigenvalue weighted by molar-refractivity contribution is 5.74. The lowest BCUT2D eigenvalue weighted by molar-refractivity contribution is -0.140. The number of nitrogens with zero attached hydrogens (tertiary/aromatic N) is 1. The van der Waals surface area contributed by atoms with Gasteiger partial charge in [-0.05, 0) is 37.8 Å². The maximum Gasteiger partial charge on any atom is 0.320 e. The zero-order chi connectivity index (χ0) is 22.0. The van der Waals surface area contributed by atoms with Crippen LogP contribution in [-0.2, 0) is 27.2 Å². The predicted octanol–water partition coefficient (Wildman–Crippen LogP) is -0.701. The third-order valence-corrected chi connectivity index (χ3v) is 4.52. The van der Waals surface area contributed by atoms with E-state index >= 15 is 0 Å². The Morgan fingerprint density at radius 3 is 2.21 bits per heavy atom. The van der Waals surface area contributed by atoms with E-state index in [-0.39, 0.29) is 25.0 Å². The molecule has 162 valence electrons. The Balaban J connectivity index is 2.61. The molecule has 0 aliphatic heterocycles. The van der Waals surface area contributed by atoms with Crippen molar-refractivity contribution in [2.75, 3.05) is 6.54 Å². The Morgan fingerprint density at radius 1 is 0.966 bits per heavy atom. The second-order valence-electron chi connectivity index (χ2n) is 6.77. The van der Waals surface area contributed by atoms with E-state index in [2.05, 4.69) is 10.3 Å². The first kappa shape index (κ1) is 24.3. The highest BCUT2D eigenvalue weighted by Gasteiger charge is 2.21. The fraction of sp³-hybridized carbons (Fsp3) is 0.556. The summed E-state index contributed by atoms with van der Waals surface area (Å²) in [6.07, 6.45) is 4.38. The second kappa shape index (κ2) is 11.9. The van der Waals surface area contributed by atoms with E-state index in [1.54, 1.807) is 0 Å². The summed E-state index contributed by atoms with van der Waals surface area (Å²) >= 11 is 0. The summed E-state index contributed by atoms with van der Waals surface area (Å²) in [5.41, 5.74) is 11.8. The molecule has 1 rings (SSSR count). The number of unbranched alkanes of at least 4 members (excludes halogenated alkanes) is 1. The van der Waals surface area contributed by atoms with Gasteiger partial charge in [0.1, 0.15) is 23.9 Å². The summed E-state index contributed by atoms with van der Waals surface area (Å²) in [5.74, 6) is -3.52. The average Bonchev–Trinajstić information content (AvgIpc) is 2.65. The molecule has 0 aliphatic carbocycles. The van der Waals surface area contributed by atoms with Crippen molar-refractivity contribution in [3.8, 4) is 5.75 Å². The number of aryl methyl sites for hydroxylation is 1. The van der Waals surface area contributed by atoms with Crippen LogP contribution in [0.1, 0.15) is 36.8 Å². The average molecular weight is 412 g/mol. The maximum absolute atomic E-state index is 11.5. The highest BCUT2D eigenvalue weighted by atomic mass is 16.4. The van der Waals surface area contributed by atoms with Gasteiger partial charge in [0.15, 0.2) is 0 Å². The zero-order valence-corrected chi connectivity index (χ0v) is 16.0. The van der Waals surface area contributed by atoms with E-state index in [0.717, 1.165) is 0 Å². The van der Waals surface area contributed by atoms with Gasteiger partial charge in [-0.25, -0.2) is 0 Å². The first-order valence-corrected chi connectivity index (χ1v) is 9.21. The van der Waals surface area contributed by atoms with Gasteiger partial charge in [-0.2, -0.15) is 0 Å². The van der Waals surface area contributed by atoms with E-state index in [9.17, 15) is 24.6 Å². The van der Waals surface area contributed by atoms with Gasteiger partial charge in [0.05, 0.1) is 6.20 Å². The van der Waals surface area contributed by atoms with Gasteiger partial charge in [-0.1, -0.05) is 6.42 Å². The highest BCUT2D eigenvalue weighted by Crippen LogP contribution is 2.22. The third-order valence-electron chi connectivity index (χ3n) is 4.52. The second-order valence-corrected chi connectivity index (χ2v) is 6.77. The number of rotatable bonds is 14. The van der Waals surface area contributed by atoms with Crippen LogP contribution in [0.4, 0.5) is 0 Å². The number of aliphatic carboxylic acids is 3. The minimum Gasteiger partial charge on any atom is -0.506 e. The topological polar surface area (TPSA) is 209 Å². The van der Waals surface area contributed by atoms with Gasteiger partial charge in [0.25, 0.3) is 0 Å². The van der Waals surface area contributed by atoms with Gasteiger partial charge >= 0.3 is 17.9 Å². The summed E-state index contributed by atoms with van der Waals surface area (Å²) in [5, 5.41) is 40.0. The largest absolute Gasteiger partial charge is 0.506 e. The smallest absolute Gasteiger partial charge is 0.320 e. The van der Waals surface area contributed by atoms with Gasteiger partial charge < -0.3 is 37.2 Å². The Morgan fingerprint density at radius 2 is 1.62 bits per heavy atom. The Kier molecular flexibility index (Phi) is 10.00. The molecule has 3 unspecified atom stereocenters. The van der Waals surface area contributed by atoms with Crippen molar-refractivity contribution in [2.45, 2.75) is 56.7 Å². The summed E-state index contributed by atoms with van der Waals surface area (Å²) in [6.45, 7) is 0.373. The van der Waals surface area contributed by atoms with Crippen LogP contribution in [0.15, 0.2) is 12.4 Å². The molecule has 11 heteroatoms. The van der Waals surface area contributed by atoms with E-state index in [4.69, 9.17) is 21.7 Å². The van der Waals surface area contributed by atoms with Crippen molar-refractivity contribution >= 4 is 17.9 Å². The summed E-state index contributed by atoms with van der Waals surface area (Å²) in [6, 6.07) is -3.00. The van der Waals surface area contributed by atoms with Crippen LogP contribution < -0.4 is 16.8 Å². The van der Waals surface area contributed by atoms with Crippen LogP contribution in [0.2, 0.25) is 0 Å². The SMILES string of the molecule is NC(CCCCNC(CCc1cncc(O)c1CC(N)C(=O)O)C(=O)O)C(=O)O. The molecule has 9 N–H and O–H groups in total. The van der Waals surface area contributed by atoms with Crippen molar-refractivity contribution in [3.05, 3.63) is 23.5 Å². The molecule has 0 aromatic carbocycles. The first-order valence-electron chi connectivity index (χ1n) is 9.21. The quantitative estimate of drug-likeness (QED) is 0.190. The van der Waals surface area contributed by atoms with Crippen molar-refractivity contribution in [2.24, 2.45) is 11.5 Å². The van der Waals surface area contributed by atoms with E-state index < -0.39 is 36.0 Å². The number of hydrogen-bond donors (Lipinski definition) is 7. The van der Waals surface area contributed by atoms with Crippen LogP contribution >= 0.6 is 0 Å². The number of carbonyl (C=O) groups is 3. The van der Waals surface area contributed by atoms with Crippen molar-refractivity contribution in [3.63, 3.8) is 0 Å². The monoisotopic (exact) mass is 412 g/mol. The third kappa shape index (κ3) is 8.42. The van der Waals surface area contributed by atoms with Crippen LogP contribution in [0.25, 0.3) is 0 Å². The van der Waals surface area contributed by atoms with Crippen LogP contribution in [-0.4, -0.2) is 68.0 Å². The molecule has 0 amide bonds. The Hall–Kier alpha value is -2.76. The zero-order valence-electron chi connectivity index (χ0n) is 16.0. The van der Waals surface area contributed by atoms with Crippen LogP contribution in [0.3, 0.4) is 0 Å². The van der Waals surface area contributed by atoms with Gasteiger partial charge in [-0.15, -0.1) is 0 Å². The molecule has 1 heterocycles. The molecule has 0 saturated carbocycles. The molecular formula is C18H28N4O7. The molecule has 29 heavy (non-hydrogen) atoms. The van der Waals surface area contributed by atoms with E-state index in [0.29, 0.717) is 36.9 Å². The molecule has 0 bridgehead atoms. The number of aromatic nitrogens is 1. The molecule has 11 nitrogen and oxygen atoms in total. The van der Waals surface area contributed by atoms with Gasteiger partial charge in [0.2, 0.25) is 0 Å². The van der Waals surface area contributed by atoms with E-state index in [1.807, 2.05) is 0 Å². The lowest BCUT2D eigenvalue weighted by Gasteiger charge is -2.17. The molecule has 0 fully saturated rings. The Bertz CT molecular complexity index is 713. The van der Waals surface area contributed by atoms with Gasteiger partial charge in [0, 0.05) is 18.2 Å². The van der Waals surface area contributed by atoms with Crippen LogP contribution in [0.5, 0.6) is 5.75 Å². The molecule has 3 atom stereocenters.